The number of hydrogen-bond acceptors (Lipinski definition) is 5. The predicted molar refractivity (Wildman–Crippen MR) is 101 cm³/mol. The van der Waals surface area contributed by atoms with Gasteiger partial charge in [0.05, 0.1) is 7.11 Å². The lowest BCUT2D eigenvalue weighted by Crippen LogP contribution is -2.24. The van der Waals surface area contributed by atoms with Gasteiger partial charge in [-0.2, -0.15) is 4.98 Å². The maximum absolute atomic E-state index is 12.4. The van der Waals surface area contributed by atoms with Crippen molar-refractivity contribution in [2.45, 2.75) is 18.9 Å². The molecule has 0 bridgehead atoms. The van der Waals surface area contributed by atoms with Crippen LogP contribution in [0, 0.1) is 0 Å². The van der Waals surface area contributed by atoms with Crippen LogP contribution in [0.3, 0.4) is 0 Å². The van der Waals surface area contributed by atoms with E-state index in [2.05, 4.69) is 10.1 Å². The normalized spacial score (nSPS) is 16.7. The lowest BCUT2D eigenvalue weighted by molar-refractivity contribution is -0.128. The van der Waals surface area contributed by atoms with Crippen LogP contribution in [-0.2, 0) is 11.3 Å². The van der Waals surface area contributed by atoms with Crippen LogP contribution >= 0.6 is 11.6 Å². The molecule has 138 valence electrons. The van der Waals surface area contributed by atoms with Gasteiger partial charge in [0.25, 0.3) is 5.89 Å². The molecular formula is C20H18ClN3O3. The highest BCUT2D eigenvalue weighted by Gasteiger charge is 2.34. The summed E-state index contributed by atoms with van der Waals surface area (Å²) in [5, 5.41) is 4.75. The molecule has 1 saturated heterocycles. The van der Waals surface area contributed by atoms with Crippen LogP contribution in [0.15, 0.2) is 53.1 Å². The van der Waals surface area contributed by atoms with E-state index in [1.165, 1.54) is 0 Å². The number of ether oxygens (including phenoxy) is 1. The van der Waals surface area contributed by atoms with Crippen LogP contribution in [0.1, 0.15) is 23.7 Å². The standard InChI is InChI=1S/C20H18ClN3O3/c1-26-16-7-4-6-13(9-16)20-22-19(23-27-20)15-10-18(25)24(12-15)11-14-5-2-3-8-17(14)21/h2-9,15H,10-12H2,1H3. The Labute approximate surface area is 161 Å². The van der Waals surface area contributed by atoms with Crippen molar-refractivity contribution >= 4 is 17.5 Å². The summed E-state index contributed by atoms with van der Waals surface area (Å²) in [4.78, 5) is 18.7. The molecule has 1 aromatic heterocycles. The second kappa shape index (κ2) is 7.40. The number of carbonyl (C=O) groups excluding carboxylic acids is 1. The first-order chi connectivity index (χ1) is 13.1. The molecule has 0 radical (unpaired) electrons. The monoisotopic (exact) mass is 383 g/mol. The highest BCUT2D eigenvalue weighted by molar-refractivity contribution is 6.31. The molecule has 0 saturated carbocycles. The van der Waals surface area contributed by atoms with Gasteiger partial charge >= 0.3 is 0 Å². The maximum atomic E-state index is 12.4. The molecule has 1 fully saturated rings. The van der Waals surface area contributed by atoms with Crippen molar-refractivity contribution in [3.8, 4) is 17.2 Å². The third-order valence-electron chi connectivity index (χ3n) is 4.66. The Morgan fingerprint density at radius 1 is 1.26 bits per heavy atom. The lowest BCUT2D eigenvalue weighted by Gasteiger charge is -2.16. The molecule has 0 N–H and O–H groups in total. The first-order valence-corrected chi connectivity index (χ1v) is 9.01. The SMILES string of the molecule is COc1cccc(-c2nc(C3CC(=O)N(Cc4ccccc4Cl)C3)no2)c1. The van der Waals surface area contributed by atoms with Gasteiger partial charge in [0, 0.05) is 36.0 Å². The van der Waals surface area contributed by atoms with E-state index in [4.69, 9.17) is 20.9 Å². The van der Waals surface area contributed by atoms with Gasteiger partial charge in [0.1, 0.15) is 5.75 Å². The van der Waals surface area contributed by atoms with E-state index < -0.39 is 0 Å². The van der Waals surface area contributed by atoms with Crippen molar-refractivity contribution < 1.29 is 14.1 Å². The zero-order valence-corrected chi connectivity index (χ0v) is 15.5. The quantitative estimate of drug-likeness (QED) is 0.668. The number of aromatic nitrogens is 2. The van der Waals surface area contributed by atoms with E-state index >= 15 is 0 Å². The Kier molecular flexibility index (Phi) is 4.81. The average molecular weight is 384 g/mol. The molecule has 1 aliphatic heterocycles. The van der Waals surface area contributed by atoms with Crippen molar-refractivity contribution in [3.63, 3.8) is 0 Å². The van der Waals surface area contributed by atoms with E-state index in [9.17, 15) is 4.79 Å². The minimum Gasteiger partial charge on any atom is -0.497 e. The number of hydrogen-bond donors (Lipinski definition) is 0. The van der Waals surface area contributed by atoms with E-state index in [0.717, 1.165) is 11.1 Å². The fourth-order valence-electron chi connectivity index (χ4n) is 3.20. The molecule has 1 atom stereocenters. The second-order valence-corrected chi connectivity index (χ2v) is 6.86. The number of rotatable bonds is 5. The van der Waals surface area contributed by atoms with Crippen LogP contribution in [-0.4, -0.2) is 34.6 Å². The number of nitrogens with zero attached hydrogens (tertiary/aromatic N) is 3. The maximum Gasteiger partial charge on any atom is 0.258 e. The van der Waals surface area contributed by atoms with Gasteiger partial charge in [0.2, 0.25) is 5.91 Å². The van der Waals surface area contributed by atoms with E-state index in [1.54, 1.807) is 12.0 Å². The second-order valence-electron chi connectivity index (χ2n) is 6.46. The van der Waals surface area contributed by atoms with Gasteiger partial charge < -0.3 is 14.2 Å². The summed E-state index contributed by atoms with van der Waals surface area (Å²) in [6, 6.07) is 15.0. The topological polar surface area (TPSA) is 68.5 Å². The third kappa shape index (κ3) is 3.66. The van der Waals surface area contributed by atoms with Gasteiger partial charge in [0.15, 0.2) is 5.82 Å². The number of likely N-dealkylation sites (tertiary alicyclic amines) is 1. The van der Waals surface area contributed by atoms with Crippen molar-refractivity contribution in [3.05, 3.63) is 64.9 Å². The summed E-state index contributed by atoms with van der Waals surface area (Å²) in [6.45, 7) is 1.02. The molecule has 0 spiro atoms. The summed E-state index contributed by atoms with van der Waals surface area (Å²) < 4.78 is 10.6. The van der Waals surface area contributed by atoms with Gasteiger partial charge in [-0.05, 0) is 29.8 Å². The average Bonchev–Trinajstić information content (AvgIpc) is 3.31. The minimum absolute atomic E-state index is 0.0626. The van der Waals surface area contributed by atoms with Crippen molar-refractivity contribution in [1.29, 1.82) is 0 Å². The predicted octanol–water partition coefficient (Wildman–Crippen LogP) is 3.91. The number of methoxy groups -OCH3 is 1. The zero-order valence-electron chi connectivity index (χ0n) is 14.8. The van der Waals surface area contributed by atoms with Crippen molar-refractivity contribution in [2.75, 3.05) is 13.7 Å². The Bertz CT molecular complexity index is 972. The van der Waals surface area contributed by atoms with Crippen LogP contribution in [0.2, 0.25) is 5.02 Å². The van der Waals surface area contributed by atoms with Gasteiger partial charge in [-0.1, -0.05) is 41.0 Å². The summed E-state index contributed by atoms with van der Waals surface area (Å²) >= 11 is 6.21. The Balaban J connectivity index is 1.49. The van der Waals surface area contributed by atoms with Gasteiger partial charge in [-0.15, -0.1) is 0 Å². The first kappa shape index (κ1) is 17.5. The van der Waals surface area contributed by atoms with E-state index in [-0.39, 0.29) is 11.8 Å². The van der Waals surface area contributed by atoms with Crippen molar-refractivity contribution in [1.82, 2.24) is 15.0 Å². The largest absolute Gasteiger partial charge is 0.497 e. The van der Waals surface area contributed by atoms with Crippen LogP contribution in [0.5, 0.6) is 5.75 Å². The molecule has 1 aliphatic rings. The number of halogens is 1. The lowest BCUT2D eigenvalue weighted by atomic mass is 10.1. The molecule has 4 rings (SSSR count). The molecule has 27 heavy (non-hydrogen) atoms. The number of benzene rings is 2. The smallest absolute Gasteiger partial charge is 0.258 e. The molecule has 7 heteroatoms. The Hall–Kier alpha value is -2.86. The highest BCUT2D eigenvalue weighted by atomic mass is 35.5. The summed E-state index contributed by atoms with van der Waals surface area (Å²) in [7, 11) is 1.61. The molecule has 6 nitrogen and oxygen atoms in total. The van der Waals surface area contributed by atoms with Gasteiger partial charge in [-0.3, -0.25) is 4.79 Å². The van der Waals surface area contributed by atoms with E-state index in [0.29, 0.717) is 42.0 Å². The van der Waals surface area contributed by atoms with Crippen LogP contribution in [0.25, 0.3) is 11.5 Å². The molecular weight excluding hydrogens is 366 g/mol. The third-order valence-corrected chi connectivity index (χ3v) is 5.03. The highest BCUT2D eigenvalue weighted by Crippen LogP contribution is 2.30. The number of carbonyl (C=O) groups is 1. The first-order valence-electron chi connectivity index (χ1n) is 8.63. The van der Waals surface area contributed by atoms with Gasteiger partial charge in [-0.25, -0.2) is 0 Å². The molecule has 1 unspecified atom stereocenters. The Morgan fingerprint density at radius 2 is 2.11 bits per heavy atom. The fraction of sp³-hybridized carbons (Fsp3) is 0.250. The van der Waals surface area contributed by atoms with E-state index in [1.807, 2.05) is 48.5 Å². The number of amides is 1. The molecule has 3 aromatic rings. The van der Waals surface area contributed by atoms with Crippen LogP contribution < -0.4 is 4.74 Å². The zero-order chi connectivity index (χ0) is 18.8. The minimum atomic E-state index is -0.0944. The summed E-state index contributed by atoms with van der Waals surface area (Å²) in [6.07, 6.45) is 0.363. The fourth-order valence-corrected chi connectivity index (χ4v) is 3.40. The molecule has 1 amide bonds. The Morgan fingerprint density at radius 3 is 2.93 bits per heavy atom. The molecule has 0 aliphatic carbocycles. The van der Waals surface area contributed by atoms with Crippen LogP contribution in [0.4, 0.5) is 0 Å². The van der Waals surface area contributed by atoms with Crippen molar-refractivity contribution in [2.24, 2.45) is 0 Å². The molecule has 2 heterocycles. The summed E-state index contributed by atoms with van der Waals surface area (Å²) in [5.41, 5.74) is 1.71. The molecule has 2 aromatic carbocycles. The summed E-state index contributed by atoms with van der Waals surface area (Å²) in [5.74, 6) is 1.65.